The van der Waals surface area contributed by atoms with Crippen molar-refractivity contribution in [3.8, 4) is 5.75 Å². The molecule has 1 aromatic carbocycles. The zero-order valence-corrected chi connectivity index (χ0v) is 7.65. The molecule has 0 fully saturated rings. The van der Waals surface area contributed by atoms with Gasteiger partial charge in [0.25, 0.3) is 21.2 Å². The van der Waals surface area contributed by atoms with Gasteiger partial charge < -0.3 is 4.74 Å². The number of carbonyl (C=O) groups excluding carboxylic acids is 1. The largest absolute Gasteiger partial charge is 0.417 e. The van der Waals surface area contributed by atoms with Crippen LogP contribution in [0, 0.1) is 0 Å². The molecule has 0 saturated heterocycles. The second-order valence-corrected chi connectivity index (χ2v) is 3.05. The fraction of sp³-hybridized carbons (Fsp3) is 0. The molecule has 0 radical (unpaired) electrons. The van der Waals surface area contributed by atoms with Crippen molar-refractivity contribution in [3.05, 3.63) is 30.3 Å². The average molecular weight is 264 g/mol. The summed E-state index contributed by atoms with van der Waals surface area (Å²) in [5, 5.41) is 0. The number of rotatable bonds is 2. The predicted octanol–water partition coefficient (Wildman–Crippen LogP) is 2.50. The Morgan fingerprint density at radius 1 is 1.27 bits per heavy atom. The van der Waals surface area contributed by atoms with Gasteiger partial charge in [-0.15, -0.1) is 0 Å². The van der Waals surface area contributed by atoms with Crippen LogP contribution in [0.25, 0.3) is 0 Å². The van der Waals surface area contributed by atoms with E-state index in [4.69, 9.17) is 0 Å². The average Bonchev–Trinajstić information content (AvgIpc) is 2.06. The van der Waals surface area contributed by atoms with Gasteiger partial charge in [0.2, 0.25) is 0 Å². The van der Waals surface area contributed by atoms with Gasteiger partial charge in [-0.1, -0.05) is 18.2 Å². The molecule has 58 valence electrons. The Hall–Kier alpha value is -0.780. The van der Waals surface area contributed by atoms with Gasteiger partial charge in [0.15, 0.2) is 0 Å². The number of hydrogen-bond donors (Lipinski definition) is 0. The molecular formula is C7H5IO3. The maximum absolute atomic E-state index is 10.5. The minimum atomic E-state index is -1.69. The second kappa shape index (κ2) is 4.17. The summed E-state index contributed by atoms with van der Waals surface area (Å²) in [6.45, 7) is 0. The lowest BCUT2D eigenvalue weighted by Gasteiger charge is -1.95. The molecule has 1 aromatic rings. The fourth-order valence-corrected chi connectivity index (χ4v) is 0.941. The van der Waals surface area contributed by atoms with Gasteiger partial charge >= 0.3 is 3.98 Å². The monoisotopic (exact) mass is 264 g/mol. The third-order valence-electron chi connectivity index (χ3n) is 1.00. The third-order valence-corrected chi connectivity index (χ3v) is 1.58. The minimum absolute atomic E-state index is 0.438. The van der Waals surface area contributed by atoms with Crippen molar-refractivity contribution < 1.29 is 12.6 Å². The maximum Gasteiger partial charge on any atom is 0.407 e. The second-order valence-electron chi connectivity index (χ2n) is 1.73. The van der Waals surface area contributed by atoms with Gasteiger partial charge in [0.05, 0.1) is 0 Å². The highest BCUT2D eigenvalue weighted by atomic mass is 127. The van der Waals surface area contributed by atoms with Crippen molar-refractivity contribution in [2.24, 2.45) is 0 Å². The molecule has 0 spiro atoms. The molecule has 0 aromatic heterocycles. The first kappa shape index (κ1) is 8.32. The first-order valence-corrected chi connectivity index (χ1v) is 4.83. The van der Waals surface area contributed by atoms with Crippen LogP contribution in [0.4, 0.5) is 4.79 Å². The van der Waals surface area contributed by atoms with Gasteiger partial charge in [-0.3, -0.25) is 3.07 Å². The zero-order chi connectivity index (χ0) is 8.10. The maximum atomic E-state index is 10.5. The fourth-order valence-electron chi connectivity index (χ4n) is 0.597. The first-order chi connectivity index (χ1) is 5.33. The summed E-state index contributed by atoms with van der Waals surface area (Å²) in [7, 11) is 0. The van der Waals surface area contributed by atoms with Crippen molar-refractivity contribution in [1.82, 2.24) is 0 Å². The normalized spacial score (nSPS) is 9.09. The van der Waals surface area contributed by atoms with Crippen molar-refractivity contribution in [2.75, 3.05) is 0 Å². The Balaban J connectivity index is 2.65. The molecule has 4 heteroatoms. The molecule has 0 aliphatic heterocycles. The van der Waals surface area contributed by atoms with Crippen LogP contribution < -0.4 is 4.74 Å². The van der Waals surface area contributed by atoms with Crippen LogP contribution in [-0.4, -0.2) is 3.98 Å². The van der Waals surface area contributed by atoms with Crippen LogP contribution in [0.2, 0.25) is 0 Å². The van der Waals surface area contributed by atoms with Gasteiger partial charge in [0.1, 0.15) is 5.75 Å². The summed E-state index contributed by atoms with van der Waals surface area (Å²) >= 11 is -1.69. The van der Waals surface area contributed by atoms with Gasteiger partial charge in [-0.2, -0.15) is 0 Å². The van der Waals surface area contributed by atoms with Crippen LogP contribution >= 0.6 is 21.2 Å². The molecular weight excluding hydrogens is 259 g/mol. The molecule has 3 nitrogen and oxygen atoms in total. The highest BCUT2D eigenvalue weighted by Crippen LogP contribution is 2.11. The van der Waals surface area contributed by atoms with E-state index in [2.05, 4.69) is 4.74 Å². The summed E-state index contributed by atoms with van der Waals surface area (Å²) in [6, 6.07) is 8.57. The van der Waals surface area contributed by atoms with E-state index in [9.17, 15) is 7.86 Å². The van der Waals surface area contributed by atoms with Gasteiger partial charge in [-0.25, -0.2) is 4.79 Å². The van der Waals surface area contributed by atoms with Crippen molar-refractivity contribution in [3.63, 3.8) is 0 Å². The highest BCUT2D eigenvalue weighted by molar-refractivity contribution is 14.2. The Bertz CT molecular complexity index is 258. The van der Waals surface area contributed by atoms with Gasteiger partial charge in [0, 0.05) is 0 Å². The lowest BCUT2D eigenvalue weighted by Crippen LogP contribution is -1.95. The lowest BCUT2D eigenvalue weighted by molar-refractivity contribution is 0.230. The van der Waals surface area contributed by atoms with Crippen molar-refractivity contribution in [1.29, 1.82) is 0 Å². The summed E-state index contributed by atoms with van der Waals surface area (Å²) in [6.07, 6.45) is 0. The van der Waals surface area contributed by atoms with Crippen LogP contribution in [-0.2, 0) is 3.07 Å². The summed E-state index contributed by atoms with van der Waals surface area (Å²) < 4.78 is 14.1. The number of halogens is 1. The van der Waals surface area contributed by atoms with E-state index in [1.165, 1.54) is 0 Å². The van der Waals surface area contributed by atoms with E-state index in [1.807, 2.05) is 6.07 Å². The highest BCUT2D eigenvalue weighted by Gasteiger charge is 2.00. The zero-order valence-electron chi connectivity index (χ0n) is 5.49. The summed E-state index contributed by atoms with van der Waals surface area (Å²) in [5.74, 6) is 0.438. The van der Waals surface area contributed by atoms with E-state index in [1.54, 1.807) is 24.3 Å². The third kappa shape index (κ3) is 2.75. The lowest BCUT2D eigenvalue weighted by atomic mass is 10.3. The predicted molar refractivity (Wildman–Crippen MR) is 47.2 cm³/mol. The number of benzene rings is 1. The molecule has 0 N–H and O–H groups in total. The SMILES string of the molecule is O=IC(=O)Oc1ccccc1. The van der Waals surface area contributed by atoms with Crippen LogP contribution in [0.15, 0.2) is 30.3 Å². The van der Waals surface area contributed by atoms with Crippen LogP contribution in [0.5, 0.6) is 5.75 Å². The van der Waals surface area contributed by atoms with Crippen molar-refractivity contribution >= 4 is 25.2 Å². The molecule has 0 aliphatic carbocycles. The Morgan fingerprint density at radius 2 is 1.91 bits per heavy atom. The number of carbonyl (C=O) groups is 1. The number of para-hydroxylation sites is 1. The van der Waals surface area contributed by atoms with E-state index < -0.39 is 25.2 Å². The van der Waals surface area contributed by atoms with E-state index in [0.717, 1.165) is 0 Å². The van der Waals surface area contributed by atoms with Gasteiger partial charge in [-0.05, 0) is 12.1 Å². The standard InChI is InChI=1S/C7H5IO3/c9-7(8-10)11-6-4-2-1-3-5-6/h1-5H. The van der Waals surface area contributed by atoms with Crippen molar-refractivity contribution in [2.45, 2.75) is 0 Å². The molecule has 11 heavy (non-hydrogen) atoms. The minimum Gasteiger partial charge on any atom is -0.417 e. The summed E-state index contributed by atoms with van der Waals surface area (Å²) in [5.41, 5.74) is 0. The van der Waals surface area contributed by atoms with E-state index in [0.29, 0.717) is 5.75 Å². The van der Waals surface area contributed by atoms with Crippen LogP contribution in [0.3, 0.4) is 0 Å². The molecule has 0 unspecified atom stereocenters. The molecule has 0 saturated carbocycles. The van der Waals surface area contributed by atoms with E-state index >= 15 is 0 Å². The molecule has 0 atom stereocenters. The van der Waals surface area contributed by atoms with E-state index in [-0.39, 0.29) is 0 Å². The molecule has 0 amide bonds. The smallest absolute Gasteiger partial charge is 0.407 e. The Labute approximate surface area is 74.0 Å². The molecule has 0 heterocycles. The molecule has 0 bridgehead atoms. The Morgan fingerprint density at radius 3 is 2.45 bits per heavy atom. The first-order valence-electron chi connectivity index (χ1n) is 2.87. The summed E-state index contributed by atoms with van der Waals surface area (Å²) in [4.78, 5) is 10.5. The molecule has 0 aliphatic rings. The topological polar surface area (TPSA) is 43.4 Å². The Kier molecular flexibility index (Phi) is 3.15. The van der Waals surface area contributed by atoms with Crippen LogP contribution in [0.1, 0.15) is 0 Å². The molecule has 1 rings (SSSR count). The quantitative estimate of drug-likeness (QED) is 0.608. The number of hydrogen-bond acceptors (Lipinski definition) is 3. The number of ether oxygens (including phenoxy) is 1.